The monoisotopic (exact) mass is 328 g/mol. The second-order valence-corrected chi connectivity index (χ2v) is 6.43. The first-order valence-electron chi connectivity index (χ1n) is 8.15. The molecule has 1 fully saturated rings. The molecular weight excluding hydrogens is 304 g/mol. The number of aliphatic hydroxyl groups is 1. The number of hydrogen-bond acceptors (Lipinski definition) is 6. The molecule has 6 nitrogen and oxygen atoms in total. The number of likely N-dealkylation sites (N-methyl/N-ethyl adjacent to an activating group) is 1. The van der Waals surface area contributed by atoms with E-state index in [2.05, 4.69) is 27.0 Å². The second kappa shape index (κ2) is 7.15. The van der Waals surface area contributed by atoms with Gasteiger partial charge in [-0.25, -0.2) is 4.98 Å². The Bertz CT molecular complexity index is 667. The number of β-amino-alcohol motifs (C(OH)–C–C–N with tert-alkyl or cyclic N) is 1. The minimum absolute atomic E-state index is 0.492. The molecule has 24 heavy (non-hydrogen) atoms. The Balaban J connectivity index is 1.60. The van der Waals surface area contributed by atoms with Crippen LogP contribution in [0.3, 0.4) is 0 Å². The summed E-state index contributed by atoms with van der Waals surface area (Å²) >= 11 is 0. The van der Waals surface area contributed by atoms with E-state index in [4.69, 9.17) is 4.74 Å². The van der Waals surface area contributed by atoms with Crippen molar-refractivity contribution < 1.29 is 9.84 Å². The SMILES string of the molecule is COc1ccnc(N(C)CC2(O)CCN(Cc3ccccc3)C2)n1. The van der Waals surface area contributed by atoms with Gasteiger partial charge >= 0.3 is 0 Å². The number of ether oxygens (including phenoxy) is 1. The first kappa shape index (κ1) is 16.7. The number of aromatic nitrogens is 2. The molecule has 1 N–H and O–H groups in total. The van der Waals surface area contributed by atoms with Crippen LogP contribution in [0, 0.1) is 0 Å². The number of nitrogens with zero attached hydrogens (tertiary/aromatic N) is 4. The summed E-state index contributed by atoms with van der Waals surface area (Å²) in [6.45, 7) is 2.89. The van der Waals surface area contributed by atoms with Crippen LogP contribution in [-0.4, -0.2) is 59.4 Å². The van der Waals surface area contributed by atoms with Gasteiger partial charge in [-0.3, -0.25) is 4.90 Å². The summed E-state index contributed by atoms with van der Waals surface area (Å²) in [6, 6.07) is 12.1. The van der Waals surface area contributed by atoms with E-state index < -0.39 is 5.60 Å². The zero-order chi connectivity index (χ0) is 17.0. The minimum Gasteiger partial charge on any atom is -0.481 e. The molecular formula is C18H24N4O2. The van der Waals surface area contributed by atoms with Gasteiger partial charge < -0.3 is 14.7 Å². The van der Waals surface area contributed by atoms with Gasteiger partial charge in [0.2, 0.25) is 11.8 Å². The van der Waals surface area contributed by atoms with E-state index in [1.54, 1.807) is 19.4 Å². The van der Waals surface area contributed by atoms with E-state index in [1.165, 1.54) is 5.56 Å². The van der Waals surface area contributed by atoms with Gasteiger partial charge in [-0.15, -0.1) is 0 Å². The summed E-state index contributed by atoms with van der Waals surface area (Å²) in [6.07, 6.45) is 2.41. The summed E-state index contributed by atoms with van der Waals surface area (Å²) in [5.74, 6) is 1.08. The molecule has 1 aromatic heterocycles. The third-order valence-corrected chi connectivity index (χ3v) is 4.36. The molecule has 0 radical (unpaired) electrons. The highest BCUT2D eigenvalue weighted by molar-refractivity contribution is 5.31. The van der Waals surface area contributed by atoms with Crippen molar-refractivity contribution in [2.45, 2.75) is 18.6 Å². The summed E-state index contributed by atoms with van der Waals surface area (Å²) in [5.41, 5.74) is 0.516. The van der Waals surface area contributed by atoms with Crippen LogP contribution >= 0.6 is 0 Å². The molecule has 2 aromatic rings. The van der Waals surface area contributed by atoms with Crippen LogP contribution in [0.25, 0.3) is 0 Å². The maximum Gasteiger partial charge on any atom is 0.228 e. The lowest BCUT2D eigenvalue weighted by Gasteiger charge is -2.29. The van der Waals surface area contributed by atoms with Crippen LogP contribution in [0.2, 0.25) is 0 Å². The van der Waals surface area contributed by atoms with Gasteiger partial charge in [-0.05, 0) is 12.0 Å². The number of benzene rings is 1. The Morgan fingerprint density at radius 3 is 2.83 bits per heavy atom. The molecule has 0 spiro atoms. The summed E-state index contributed by atoms with van der Waals surface area (Å²) < 4.78 is 5.14. The average Bonchev–Trinajstić information content (AvgIpc) is 2.96. The predicted molar refractivity (Wildman–Crippen MR) is 93.1 cm³/mol. The van der Waals surface area contributed by atoms with E-state index in [9.17, 15) is 5.11 Å². The third kappa shape index (κ3) is 4.01. The van der Waals surface area contributed by atoms with Gasteiger partial charge in [-0.1, -0.05) is 30.3 Å². The molecule has 0 bridgehead atoms. The molecule has 1 aliphatic heterocycles. The number of anilines is 1. The molecule has 1 aliphatic rings. The van der Waals surface area contributed by atoms with Crippen LogP contribution in [0.4, 0.5) is 5.95 Å². The maximum absolute atomic E-state index is 10.9. The van der Waals surface area contributed by atoms with Crippen molar-refractivity contribution in [3.05, 3.63) is 48.2 Å². The molecule has 1 saturated heterocycles. The molecule has 1 atom stereocenters. The molecule has 1 aromatic carbocycles. The largest absolute Gasteiger partial charge is 0.481 e. The van der Waals surface area contributed by atoms with Gasteiger partial charge in [-0.2, -0.15) is 4.98 Å². The number of rotatable bonds is 6. The van der Waals surface area contributed by atoms with Crippen LogP contribution in [0.5, 0.6) is 5.88 Å². The summed E-state index contributed by atoms with van der Waals surface area (Å²) in [7, 11) is 3.48. The van der Waals surface area contributed by atoms with Crippen LogP contribution in [0.15, 0.2) is 42.6 Å². The molecule has 3 rings (SSSR count). The topological polar surface area (TPSA) is 61.7 Å². The van der Waals surface area contributed by atoms with E-state index in [0.717, 1.165) is 19.5 Å². The lowest BCUT2D eigenvalue weighted by atomic mass is 10.0. The highest BCUT2D eigenvalue weighted by atomic mass is 16.5. The predicted octanol–water partition coefficient (Wildman–Crippen LogP) is 1.56. The van der Waals surface area contributed by atoms with Crippen molar-refractivity contribution in [3.63, 3.8) is 0 Å². The first-order chi connectivity index (χ1) is 11.6. The fraction of sp³-hybridized carbons (Fsp3) is 0.444. The Hall–Kier alpha value is -2.18. The van der Waals surface area contributed by atoms with Crippen LogP contribution in [0.1, 0.15) is 12.0 Å². The highest BCUT2D eigenvalue weighted by Crippen LogP contribution is 2.25. The molecule has 0 aliphatic carbocycles. The van der Waals surface area contributed by atoms with Gasteiger partial charge in [0.25, 0.3) is 0 Å². The van der Waals surface area contributed by atoms with Crippen LogP contribution in [-0.2, 0) is 6.54 Å². The van der Waals surface area contributed by atoms with Crippen molar-refractivity contribution in [1.29, 1.82) is 0 Å². The molecule has 2 heterocycles. The lowest BCUT2D eigenvalue weighted by Crippen LogP contribution is -2.44. The standard InChI is InChI=1S/C18H24N4O2/c1-21(17-19-10-8-16(20-17)24-2)13-18(23)9-11-22(14-18)12-15-6-4-3-5-7-15/h3-8,10,23H,9,11-14H2,1-2H3. The Kier molecular flexibility index (Phi) is 4.97. The zero-order valence-electron chi connectivity index (χ0n) is 14.2. The third-order valence-electron chi connectivity index (χ3n) is 4.36. The molecule has 128 valence electrons. The lowest BCUT2D eigenvalue weighted by molar-refractivity contribution is 0.0559. The summed E-state index contributed by atoms with van der Waals surface area (Å²) in [4.78, 5) is 12.7. The van der Waals surface area contributed by atoms with Gasteiger partial charge in [0.05, 0.1) is 19.3 Å². The quantitative estimate of drug-likeness (QED) is 0.868. The van der Waals surface area contributed by atoms with Crippen molar-refractivity contribution in [2.24, 2.45) is 0 Å². The second-order valence-electron chi connectivity index (χ2n) is 6.43. The van der Waals surface area contributed by atoms with Crippen molar-refractivity contribution in [2.75, 3.05) is 38.7 Å². The first-order valence-corrected chi connectivity index (χ1v) is 8.15. The number of hydrogen-bond donors (Lipinski definition) is 1. The van der Waals surface area contributed by atoms with Crippen molar-refractivity contribution in [3.8, 4) is 5.88 Å². The molecule has 1 unspecified atom stereocenters. The Labute approximate surface area is 142 Å². The summed E-state index contributed by atoms with van der Waals surface area (Å²) in [5, 5.41) is 10.9. The number of methoxy groups -OCH3 is 1. The zero-order valence-corrected chi connectivity index (χ0v) is 14.2. The van der Waals surface area contributed by atoms with Gasteiger partial charge in [0.1, 0.15) is 0 Å². The van der Waals surface area contributed by atoms with Gasteiger partial charge in [0, 0.05) is 38.9 Å². The van der Waals surface area contributed by atoms with E-state index in [0.29, 0.717) is 24.9 Å². The van der Waals surface area contributed by atoms with Crippen LogP contribution < -0.4 is 9.64 Å². The molecule has 0 amide bonds. The fourth-order valence-corrected chi connectivity index (χ4v) is 3.19. The fourth-order valence-electron chi connectivity index (χ4n) is 3.19. The number of likely N-dealkylation sites (tertiary alicyclic amines) is 1. The van der Waals surface area contributed by atoms with Crippen molar-refractivity contribution >= 4 is 5.95 Å². The Morgan fingerprint density at radius 2 is 2.08 bits per heavy atom. The maximum atomic E-state index is 10.9. The minimum atomic E-state index is -0.754. The van der Waals surface area contributed by atoms with E-state index >= 15 is 0 Å². The highest BCUT2D eigenvalue weighted by Gasteiger charge is 2.37. The van der Waals surface area contributed by atoms with Gasteiger partial charge in [0.15, 0.2) is 0 Å². The Morgan fingerprint density at radius 1 is 1.29 bits per heavy atom. The van der Waals surface area contributed by atoms with Crippen molar-refractivity contribution in [1.82, 2.24) is 14.9 Å². The molecule has 6 heteroatoms. The average molecular weight is 328 g/mol. The molecule has 0 saturated carbocycles. The van der Waals surface area contributed by atoms with E-state index in [1.807, 2.05) is 30.1 Å². The smallest absolute Gasteiger partial charge is 0.228 e. The van der Waals surface area contributed by atoms with E-state index in [-0.39, 0.29) is 0 Å². The normalized spacial score (nSPS) is 21.0.